The van der Waals surface area contributed by atoms with Crippen LogP contribution in [0.5, 0.6) is 11.5 Å². The third kappa shape index (κ3) is 4.86. The molecule has 0 bridgehead atoms. The van der Waals surface area contributed by atoms with Gasteiger partial charge < -0.3 is 25.2 Å². The Bertz CT molecular complexity index is 609. The molecule has 0 saturated carbocycles. The fraction of sp³-hybridized carbons (Fsp3) is 0.529. The van der Waals surface area contributed by atoms with Crippen LogP contribution in [0.4, 0.5) is 5.69 Å². The Morgan fingerprint density at radius 3 is 2.50 bits per heavy atom. The number of aliphatic hydroxyl groups excluding tert-OH is 1. The molecule has 7 heteroatoms. The second kappa shape index (κ2) is 7.53. The molecule has 3 N–H and O–H groups in total. The Labute approximate surface area is 141 Å². The molecular formula is C17H24N2O5. The highest BCUT2D eigenvalue weighted by atomic mass is 16.6. The molecule has 1 aromatic carbocycles. The molecule has 0 unspecified atom stereocenters. The molecule has 1 aliphatic heterocycles. The maximum Gasteiger partial charge on any atom is 0.313 e. The molecule has 1 aliphatic rings. The summed E-state index contributed by atoms with van der Waals surface area (Å²) in [6.45, 7) is 6.89. The maximum atomic E-state index is 11.9. The van der Waals surface area contributed by atoms with E-state index in [1.54, 1.807) is 18.2 Å². The lowest BCUT2D eigenvalue weighted by atomic mass is 9.87. The molecule has 0 aliphatic carbocycles. The number of aliphatic hydroxyl groups is 1. The van der Waals surface area contributed by atoms with E-state index in [2.05, 4.69) is 10.6 Å². The number of nitrogens with one attached hydrogen (secondary N) is 2. The van der Waals surface area contributed by atoms with Gasteiger partial charge in [0.1, 0.15) is 13.2 Å². The van der Waals surface area contributed by atoms with Crippen molar-refractivity contribution in [1.82, 2.24) is 5.32 Å². The van der Waals surface area contributed by atoms with Crippen molar-refractivity contribution in [2.45, 2.75) is 33.3 Å². The van der Waals surface area contributed by atoms with E-state index in [1.807, 2.05) is 20.8 Å². The minimum absolute atomic E-state index is 0.228. The zero-order valence-corrected chi connectivity index (χ0v) is 14.2. The third-order valence-electron chi connectivity index (χ3n) is 3.71. The van der Waals surface area contributed by atoms with E-state index in [0.29, 0.717) is 36.8 Å². The van der Waals surface area contributed by atoms with Gasteiger partial charge in [0.05, 0.1) is 6.10 Å². The van der Waals surface area contributed by atoms with Crippen LogP contribution in [0.1, 0.15) is 27.2 Å². The lowest BCUT2D eigenvalue weighted by Gasteiger charge is -2.25. The topological polar surface area (TPSA) is 96.9 Å². The van der Waals surface area contributed by atoms with Crippen LogP contribution >= 0.6 is 0 Å². The van der Waals surface area contributed by atoms with Gasteiger partial charge >= 0.3 is 11.8 Å². The van der Waals surface area contributed by atoms with Crippen molar-refractivity contribution in [2.75, 3.05) is 25.1 Å². The van der Waals surface area contributed by atoms with Gasteiger partial charge in [-0.25, -0.2) is 0 Å². The van der Waals surface area contributed by atoms with Gasteiger partial charge in [-0.05, 0) is 24.0 Å². The van der Waals surface area contributed by atoms with E-state index in [9.17, 15) is 14.7 Å². The normalized spacial score (nSPS) is 14.7. The number of carbonyl (C=O) groups excluding carboxylic acids is 2. The van der Waals surface area contributed by atoms with Gasteiger partial charge in [-0.2, -0.15) is 0 Å². The average Bonchev–Trinajstić information content (AvgIpc) is 2.53. The standard InChI is InChI=1S/C17H24N2O5/c1-17(2,3)14(20)6-7-18-15(21)16(22)19-11-4-5-12-13(10-11)24-9-8-23-12/h4-5,10,14,20H,6-9H2,1-3H3,(H,18,21)(H,19,22)/t14-/m0/s1. The van der Waals surface area contributed by atoms with Crippen LogP contribution in [0, 0.1) is 5.41 Å². The average molecular weight is 336 g/mol. The molecule has 0 spiro atoms. The predicted molar refractivity (Wildman–Crippen MR) is 89.2 cm³/mol. The summed E-state index contributed by atoms with van der Waals surface area (Å²) in [5, 5.41) is 14.9. The number of fused-ring (bicyclic) bond motifs is 1. The lowest BCUT2D eigenvalue weighted by Crippen LogP contribution is -2.38. The van der Waals surface area contributed by atoms with Crippen LogP contribution in [0.3, 0.4) is 0 Å². The van der Waals surface area contributed by atoms with Gasteiger partial charge in [-0.3, -0.25) is 9.59 Å². The molecule has 0 aromatic heterocycles. The van der Waals surface area contributed by atoms with Gasteiger partial charge in [0.15, 0.2) is 11.5 Å². The number of rotatable bonds is 4. The molecule has 2 amide bonds. The summed E-state index contributed by atoms with van der Waals surface area (Å²) in [4.78, 5) is 23.7. The Kier molecular flexibility index (Phi) is 5.66. The number of carbonyl (C=O) groups is 2. The number of anilines is 1. The molecule has 0 radical (unpaired) electrons. The van der Waals surface area contributed by atoms with E-state index >= 15 is 0 Å². The fourth-order valence-electron chi connectivity index (χ4n) is 2.14. The Hall–Kier alpha value is -2.28. The first-order chi connectivity index (χ1) is 11.3. The summed E-state index contributed by atoms with van der Waals surface area (Å²) in [6.07, 6.45) is -0.175. The molecule has 2 rings (SSSR count). The Morgan fingerprint density at radius 2 is 1.83 bits per heavy atom. The van der Waals surface area contributed by atoms with E-state index in [-0.39, 0.29) is 12.0 Å². The van der Waals surface area contributed by atoms with Gasteiger partial charge in [0, 0.05) is 18.3 Å². The minimum Gasteiger partial charge on any atom is -0.486 e. The summed E-state index contributed by atoms with van der Waals surface area (Å²) in [6, 6.07) is 4.94. The summed E-state index contributed by atoms with van der Waals surface area (Å²) < 4.78 is 10.8. The van der Waals surface area contributed by atoms with Crippen LogP contribution in [0.25, 0.3) is 0 Å². The molecule has 1 heterocycles. The minimum atomic E-state index is -0.767. The van der Waals surface area contributed by atoms with E-state index < -0.39 is 17.9 Å². The quantitative estimate of drug-likeness (QED) is 0.720. The first-order valence-corrected chi connectivity index (χ1v) is 7.94. The number of hydrogen-bond donors (Lipinski definition) is 3. The molecule has 1 atom stereocenters. The van der Waals surface area contributed by atoms with Crippen molar-refractivity contribution in [2.24, 2.45) is 5.41 Å². The SMILES string of the molecule is CC(C)(C)[C@@H](O)CCNC(=O)C(=O)Nc1ccc2c(c1)OCCO2. The van der Waals surface area contributed by atoms with E-state index in [1.165, 1.54) is 0 Å². The van der Waals surface area contributed by atoms with Crippen molar-refractivity contribution in [1.29, 1.82) is 0 Å². The van der Waals surface area contributed by atoms with Crippen LogP contribution in [-0.2, 0) is 9.59 Å². The van der Waals surface area contributed by atoms with Crippen molar-refractivity contribution >= 4 is 17.5 Å². The van der Waals surface area contributed by atoms with E-state index in [4.69, 9.17) is 9.47 Å². The largest absolute Gasteiger partial charge is 0.486 e. The first kappa shape index (κ1) is 18.1. The number of amides is 2. The van der Waals surface area contributed by atoms with Gasteiger partial charge in [0.25, 0.3) is 0 Å². The van der Waals surface area contributed by atoms with Gasteiger partial charge in [0.2, 0.25) is 0 Å². The first-order valence-electron chi connectivity index (χ1n) is 7.94. The van der Waals surface area contributed by atoms with Gasteiger partial charge in [-0.15, -0.1) is 0 Å². The summed E-state index contributed by atoms with van der Waals surface area (Å²) >= 11 is 0. The molecule has 0 saturated heterocycles. The maximum absolute atomic E-state index is 11.9. The predicted octanol–water partition coefficient (Wildman–Crippen LogP) is 1.31. The molecule has 7 nitrogen and oxygen atoms in total. The molecule has 0 fully saturated rings. The molecule has 24 heavy (non-hydrogen) atoms. The monoisotopic (exact) mass is 336 g/mol. The Balaban J connectivity index is 1.82. The molecular weight excluding hydrogens is 312 g/mol. The third-order valence-corrected chi connectivity index (χ3v) is 3.71. The highest BCUT2D eigenvalue weighted by Crippen LogP contribution is 2.32. The summed E-state index contributed by atoms with van der Waals surface area (Å²) in [7, 11) is 0. The van der Waals surface area contributed by atoms with E-state index in [0.717, 1.165) is 0 Å². The van der Waals surface area contributed by atoms with Crippen LogP contribution in [0.2, 0.25) is 0 Å². The fourth-order valence-corrected chi connectivity index (χ4v) is 2.14. The van der Waals surface area contributed by atoms with Crippen molar-refractivity contribution in [3.05, 3.63) is 18.2 Å². The highest BCUT2D eigenvalue weighted by molar-refractivity contribution is 6.39. The smallest absolute Gasteiger partial charge is 0.313 e. The Morgan fingerprint density at radius 1 is 1.17 bits per heavy atom. The van der Waals surface area contributed by atoms with Crippen molar-refractivity contribution in [3.63, 3.8) is 0 Å². The van der Waals surface area contributed by atoms with Crippen molar-refractivity contribution in [3.8, 4) is 11.5 Å². The zero-order chi connectivity index (χ0) is 17.7. The lowest BCUT2D eigenvalue weighted by molar-refractivity contribution is -0.136. The molecule has 132 valence electrons. The van der Waals surface area contributed by atoms with Crippen molar-refractivity contribution < 1.29 is 24.2 Å². The van der Waals surface area contributed by atoms with Gasteiger partial charge in [-0.1, -0.05) is 20.8 Å². The van der Waals surface area contributed by atoms with Crippen LogP contribution < -0.4 is 20.1 Å². The summed E-state index contributed by atoms with van der Waals surface area (Å²) in [5.41, 5.74) is 0.187. The number of hydrogen-bond acceptors (Lipinski definition) is 5. The zero-order valence-electron chi connectivity index (χ0n) is 14.2. The summed E-state index contributed by atoms with van der Waals surface area (Å²) in [5.74, 6) is -0.365. The molecule has 1 aromatic rings. The van der Waals surface area contributed by atoms with Crippen LogP contribution in [0.15, 0.2) is 18.2 Å². The number of benzene rings is 1. The number of ether oxygens (including phenoxy) is 2. The second-order valence-electron chi connectivity index (χ2n) is 6.74. The van der Waals surface area contributed by atoms with Crippen LogP contribution in [-0.4, -0.2) is 42.8 Å². The highest BCUT2D eigenvalue weighted by Gasteiger charge is 2.22. The second-order valence-corrected chi connectivity index (χ2v) is 6.74.